The van der Waals surface area contributed by atoms with E-state index in [1.807, 2.05) is 0 Å². The minimum absolute atomic E-state index is 0.0670. The van der Waals surface area contributed by atoms with Crippen LogP contribution in [-0.2, 0) is 32.1 Å². The van der Waals surface area contributed by atoms with E-state index >= 15 is 0 Å². The molecule has 1 atom stereocenters. The molecule has 0 aliphatic heterocycles. The average Bonchev–Trinajstić information content (AvgIpc) is 3.52. The van der Waals surface area contributed by atoms with Crippen LogP contribution < -0.4 is 0 Å². The third kappa shape index (κ3) is 4.06. The molecular weight excluding hydrogens is 572 g/mol. The van der Waals surface area contributed by atoms with Crippen molar-refractivity contribution in [3.05, 3.63) is 126 Å². The summed E-state index contributed by atoms with van der Waals surface area (Å²) < 4.78 is 5.02. The van der Waals surface area contributed by atoms with Gasteiger partial charge in [0.05, 0.1) is 0 Å². The summed E-state index contributed by atoms with van der Waals surface area (Å²) in [5.41, 5.74) is 19.5. The molecule has 41 heavy (non-hydrogen) atoms. The summed E-state index contributed by atoms with van der Waals surface area (Å²) in [6, 6.07) is 21.7. The van der Waals surface area contributed by atoms with Crippen LogP contribution in [0.25, 0.3) is 22.3 Å². The van der Waals surface area contributed by atoms with Gasteiger partial charge in [0.1, 0.15) is 0 Å². The third-order valence-electron chi connectivity index (χ3n) is 10.4. The molecule has 0 bridgehead atoms. The summed E-state index contributed by atoms with van der Waals surface area (Å²) in [4.78, 5) is 0. The molecule has 7 rings (SSSR count). The summed E-state index contributed by atoms with van der Waals surface area (Å²) >= 11 is -2.52. The molecule has 1 unspecified atom stereocenters. The first-order valence-corrected chi connectivity index (χ1v) is 19.4. The summed E-state index contributed by atoms with van der Waals surface area (Å²) in [5.74, 6) is 0.515. The fourth-order valence-electron chi connectivity index (χ4n) is 8.45. The molecule has 0 aromatic heterocycles. The predicted octanol–water partition coefficient (Wildman–Crippen LogP) is 10.5. The molecule has 0 saturated carbocycles. The van der Waals surface area contributed by atoms with Crippen molar-refractivity contribution in [3.8, 4) is 11.1 Å². The van der Waals surface area contributed by atoms with Gasteiger partial charge >= 0.3 is 256 Å². The Balaban J connectivity index is 1.56. The molecule has 3 aromatic rings. The van der Waals surface area contributed by atoms with Crippen LogP contribution in [0, 0.1) is 5.92 Å². The molecule has 0 amide bonds. The molecule has 206 valence electrons. The van der Waals surface area contributed by atoms with E-state index < -0.39 is 21.3 Å². The Morgan fingerprint density at radius 2 is 1.17 bits per heavy atom. The van der Waals surface area contributed by atoms with E-state index in [9.17, 15) is 0 Å². The van der Waals surface area contributed by atoms with E-state index in [4.69, 9.17) is 0 Å². The van der Waals surface area contributed by atoms with Gasteiger partial charge < -0.3 is 0 Å². The van der Waals surface area contributed by atoms with E-state index in [-0.39, 0.29) is 10.8 Å². The summed E-state index contributed by atoms with van der Waals surface area (Å²) in [6.45, 7) is 21.4. The van der Waals surface area contributed by atoms with Crippen LogP contribution in [0.5, 0.6) is 0 Å². The van der Waals surface area contributed by atoms with Gasteiger partial charge in [-0.15, -0.1) is 0 Å². The number of hydrogen-bond donors (Lipinski definition) is 0. The van der Waals surface area contributed by atoms with Crippen molar-refractivity contribution in [2.45, 2.75) is 76.8 Å². The number of hydrogen-bond acceptors (Lipinski definition) is 0. The molecule has 0 saturated heterocycles. The number of allylic oxidation sites excluding steroid dienone is 8. The predicted molar refractivity (Wildman–Crippen MR) is 174 cm³/mol. The van der Waals surface area contributed by atoms with Gasteiger partial charge in [0.25, 0.3) is 0 Å². The van der Waals surface area contributed by atoms with Crippen LogP contribution in [0.2, 0.25) is 0 Å². The Bertz CT molecular complexity index is 1730. The zero-order chi connectivity index (χ0) is 29.0. The molecule has 4 aliphatic carbocycles. The van der Waals surface area contributed by atoms with Gasteiger partial charge in [-0.05, 0) is 0 Å². The maximum absolute atomic E-state index is 2.78. The Morgan fingerprint density at radius 1 is 0.659 bits per heavy atom. The topological polar surface area (TPSA) is 0 Å². The van der Waals surface area contributed by atoms with E-state index in [1.165, 1.54) is 55.7 Å². The van der Waals surface area contributed by atoms with Gasteiger partial charge in [0.2, 0.25) is 0 Å². The standard InChI is InChI=1S/C25H25.C8H11.C7H6.Zr/c1-14-12-24(3,4)22-8-16-7-17-9-23-19(15(2)13-25(23,5)6)11-21(17)20(16)10-18(14)22;1-6-4-7(2)8(3)5-6;1-7-5-3-2-4-6-7;/h7-13H,1-6H3;4,6H,1-3H3;1-6H;. The Labute approximate surface area is 254 Å². The zero-order valence-electron chi connectivity index (χ0n) is 26.2. The van der Waals surface area contributed by atoms with Crippen LogP contribution in [0.4, 0.5) is 0 Å². The first-order valence-electron chi connectivity index (χ1n) is 15.3. The summed E-state index contributed by atoms with van der Waals surface area (Å²) in [6.07, 6.45) is 7.49. The number of benzene rings is 3. The van der Waals surface area contributed by atoms with Crippen molar-refractivity contribution in [1.29, 1.82) is 0 Å². The monoisotopic (exact) mass is 612 g/mol. The van der Waals surface area contributed by atoms with Crippen molar-refractivity contribution in [3.63, 3.8) is 0 Å². The molecule has 3 aromatic carbocycles. The van der Waals surface area contributed by atoms with Gasteiger partial charge in [-0.2, -0.15) is 0 Å². The first-order chi connectivity index (χ1) is 19.4. The fourth-order valence-corrected chi connectivity index (χ4v) is 17.2. The quantitative estimate of drug-likeness (QED) is 0.276. The molecular formula is C40H42Zr. The third-order valence-corrected chi connectivity index (χ3v) is 18.6. The van der Waals surface area contributed by atoms with E-state index in [0.29, 0.717) is 9.54 Å². The Morgan fingerprint density at radius 3 is 1.63 bits per heavy atom. The number of rotatable bonds is 3. The average molecular weight is 614 g/mol. The summed E-state index contributed by atoms with van der Waals surface area (Å²) in [5, 5.41) is 0. The molecule has 4 aliphatic rings. The van der Waals surface area contributed by atoms with E-state index in [0.717, 1.165) is 0 Å². The van der Waals surface area contributed by atoms with E-state index in [1.54, 1.807) is 20.0 Å². The van der Waals surface area contributed by atoms with Crippen LogP contribution in [0.3, 0.4) is 0 Å². The minimum atomic E-state index is -2.52. The van der Waals surface area contributed by atoms with Gasteiger partial charge in [-0.3, -0.25) is 0 Å². The zero-order valence-corrected chi connectivity index (χ0v) is 28.6. The van der Waals surface area contributed by atoms with E-state index in [2.05, 4.69) is 139 Å². The molecule has 0 heterocycles. The van der Waals surface area contributed by atoms with Crippen LogP contribution >= 0.6 is 0 Å². The van der Waals surface area contributed by atoms with Crippen LogP contribution in [0.1, 0.15) is 105 Å². The van der Waals surface area contributed by atoms with Crippen molar-refractivity contribution < 1.29 is 21.3 Å². The molecule has 0 spiro atoms. The van der Waals surface area contributed by atoms with Crippen LogP contribution in [-0.4, -0.2) is 3.71 Å². The molecule has 0 N–H and O–H groups in total. The maximum atomic E-state index is 2.78. The van der Waals surface area contributed by atoms with Gasteiger partial charge in [-0.25, -0.2) is 0 Å². The van der Waals surface area contributed by atoms with Gasteiger partial charge in [0, 0.05) is 0 Å². The molecule has 0 nitrogen and oxygen atoms in total. The second kappa shape index (κ2) is 9.18. The fraction of sp³-hybridized carbons (Fsp3) is 0.325. The van der Waals surface area contributed by atoms with Crippen molar-refractivity contribution in [2.24, 2.45) is 5.92 Å². The number of fused-ring (bicyclic) bond motifs is 5. The molecule has 0 radical (unpaired) electrons. The second-order valence-electron chi connectivity index (χ2n) is 14.2. The van der Waals surface area contributed by atoms with Crippen molar-refractivity contribution in [2.75, 3.05) is 0 Å². The Hall–Kier alpha value is -2.63. The first kappa shape index (κ1) is 27.2. The van der Waals surface area contributed by atoms with Crippen molar-refractivity contribution in [1.82, 2.24) is 0 Å². The Kier molecular flexibility index (Phi) is 6.10. The van der Waals surface area contributed by atoms with Gasteiger partial charge in [-0.1, -0.05) is 0 Å². The second-order valence-corrected chi connectivity index (χ2v) is 19.9. The molecule has 1 heteroatoms. The SMILES string of the molecule is CC1=CC(C)[C]([Zr](=[CH]c2ccccc2)[CH]2c3cc4c(cc3-c3cc5c(cc32)C(C)(C)C=C5C)C(C)=CC4(C)C)=C1C. The summed E-state index contributed by atoms with van der Waals surface area (Å²) in [7, 11) is 0. The molecule has 0 fully saturated rings. The van der Waals surface area contributed by atoms with Crippen LogP contribution in [0.15, 0.2) is 87.3 Å². The van der Waals surface area contributed by atoms with Gasteiger partial charge in [0.15, 0.2) is 0 Å². The van der Waals surface area contributed by atoms with Crippen molar-refractivity contribution >= 4 is 14.9 Å². The normalized spacial score (nSPS) is 21.8.